The van der Waals surface area contributed by atoms with Crippen LogP contribution in [0.1, 0.15) is 32.1 Å². The number of nitrogens with zero attached hydrogens (tertiary/aromatic N) is 3. The number of halogens is 3. The fourth-order valence-corrected chi connectivity index (χ4v) is 3.76. The first-order valence-corrected chi connectivity index (χ1v) is 8.87. The van der Waals surface area contributed by atoms with Gasteiger partial charge in [0.05, 0.1) is 12.5 Å². The highest BCUT2D eigenvalue weighted by Gasteiger charge is 2.36. The maximum Gasteiger partial charge on any atom is 0.401 e. The number of alkyl halides is 3. The van der Waals surface area contributed by atoms with Crippen LogP contribution in [0.25, 0.3) is 0 Å². The van der Waals surface area contributed by atoms with Crippen LogP contribution >= 0.6 is 0 Å². The molecule has 0 amide bonds. The first kappa shape index (κ1) is 17.8. The monoisotopic (exact) mass is 349 g/mol. The summed E-state index contributed by atoms with van der Waals surface area (Å²) in [6.45, 7) is 3.32. The average Bonchev–Trinajstić information content (AvgIpc) is 2.55. The number of likely N-dealkylation sites (tertiary alicyclic amines) is 2. The van der Waals surface area contributed by atoms with Gasteiger partial charge < -0.3 is 9.57 Å². The van der Waals surface area contributed by atoms with Crippen LogP contribution in [-0.2, 0) is 9.57 Å². The first-order chi connectivity index (χ1) is 11.5. The van der Waals surface area contributed by atoms with Crippen molar-refractivity contribution in [3.8, 4) is 0 Å². The third-order valence-corrected chi connectivity index (χ3v) is 4.87. The minimum Gasteiger partial charge on any atom is -0.470 e. The van der Waals surface area contributed by atoms with Gasteiger partial charge >= 0.3 is 6.18 Å². The van der Waals surface area contributed by atoms with E-state index in [2.05, 4.69) is 10.1 Å². The molecule has 5 nitrogen and oxygen atoms in total. The molecule has 3 rings (SSSR count). The van der Waals surface area contributed by atoms with Crippen molar-refractivity contribution in [2.75, 3.05) is 45.9 Å². The van der Waals surface area contributed by atoms with E-state index in [0.29, 0.717) is 25.6 Å². The molecule has 0 aromatic rings. The quantitative estimate of drug-likeness (QED) is 0.781. The second-order valence-electron chi connectivity index (χ2n) is 7.02. The number of rotatable bonds is 4. The standard InChI is InChI=1S/C16H26F3N3O2/c17-16(18,19)12-22-8-4-5-13(9-22)15-20-23-11-14(24-15)10-21-6-2-1-3-7-21/h13-14H,1-12H2. The molecule has 0 spiro atoms. The topological polar surface area (TPSA) is 37.3 Å². The van der Waals surface area contributed by atoms with Crippen molar-refractivity contribution in [2.24, 2.45) is 11.1 Å². The van der Waals surface area contributed by atoms with E-state index in [0.717, 1.165) is 32.5 Å². The lowest BCUT2D eigenvalue weighted by molar-refractivity contribution is -0.148. The maximum atomic E-state index is 12.6. The molecular formula is C16H26F3N3O2. The molecule has 2 atom stereocenters. The highest BCUT2D eigenvalue weighted by molar-refractivity contribution is 5.79. The van der Waals surface area contributed by atoms with Gasteiger partial charge in [-0.3, -0.25) is 9.80 Å². The van der Waals surface area contributed by atoms with Crippen LogP contribution in [0.5, 0.6) is 0 Å². The fraction of sp³-hybridized carbons (Fsp3) is 0.938. The van der Waals surface area contributed by atoms with Gasteiger partial charge in [-0.1, -0.05) is 11.6 Å². The summed E-state index contributed by atoms with van der Waals surface area (Å²) in [6.07, 6.45) is 0.987. The lowest BCUT2D eigenvalue weighted by atomic mass is 9.97. The summed E-state index contributed by atoms with van der Waals surface area (Å²) < 4.78 is 43.8. The first-order valence-electron chi connectivity index (χ1n) is 8.87. The highest BCUT2D eigenvalue weighted by atomic mass is 19.4. The van der Waals surface area contributed by atoms with Gasteiger partial charge in [-0.05, 0) is 45.3 Å². The normalized spacial score (nSPS) is 30.4. The largest absolute Gasteiger partial charge is 0.470 e. The Morgan fingerprint density at radius 3 is 2.54 bits per heavy atom. The molecule has 0 aromatic carbocycles. The zero-order valence-electron chi connectivity index (χ0n) is 13.9. The van der Waals surface area contributed by atoms with Crippen LogP contribution in [0.15, 0.2) is 5.16 Å². The van der Waals surface area contributed by atoms with E-state index in [-0.39, 0.29) is 12.0 Å². The van der Waals surface area contributed by atoms with E-state index in [1.54, 1.807) is 0 Å². The summed E-state index contributed by atoms with van der Waals surface area (Å²) >= 11 is 0. The van der Waals surface area contributed by atoms with Crippen molar-refractivity contribution in [1.29, 1.82) is 0 Å². The van der Waals surface area contributed by atoms with Gasteiger partial charge in [-0.25, -0.2) is 0 Å². The molecule has 0 saturated carbocycles. The molecule has 3 aliphatic heterocycles. The van der Waals surface area contributed by atoms with E-state index in [9.17, 15) is 13.2 Å². The van der Waals surface area contributed by atoms with Crippen molar-refractivity contribution >= 4 is 5.90 Å². The molecule has 2 saturated heterocycles. The van der Waals surface area contributed by atoms with Crippen molar-refractivity contribution in [2.45, 2.75) is 44.4 Å². The zero-order valence-corrected chi connectivity index (χ0v) is 13.9. The molecule has 0 radical (unpaired) electrons. The maximum absolute atomic E-state index is 12.6. The molecule has 8 heteroatoms. The molecular weight excluding hydrogens is 323 g/mol. The van der Waals surface area contributed by atoms with Gasteiger partial charge in [0.15, 0.2) is 6.61 Å². The molecule has 0 N–H and O–H groups in total. The molecule has 24 heavy (non-hydrogen) atoms. The van der Waals surface area contributed by atoms with Gasteiger partial charge in [0.25, 0.3) is 0 Å². The summed E-state index contributed by atoms with van der Waals surface area (Å²) in [5.74, 6) is 0.375. The van der Waals surface area contributed by atoms with Gasteiger partial charge in [-0.15, -0.1) is 0 Å². The van der Waals surface area contributed by atoms with Gasteiger partial charge in [0.1, 0.15) is 6.10 Å². The third-order valence-electron chi connectivity index (χ3n) is 4.87. The van der Waals surface area contributed by atoms with E-state index < -0.39 is 12.7 Å². The van der Waals surface area contributed by atoms with Gasteiger partial charge in [0, 0.05) is 13.1 Å². The molecule has 0 aromatic heterocycles. The van der Waals surface area contributed by atoms with Gasteiger partial charge in [0.2, 0.25) is 5.90 Å². The van der Waals surface area contributed by atoms with E-state index >= 15 is 0 Å². The summed E-state index contributed by atoms with van der Waals surface area (Å²) in [4.78, 5) is 9.13. The Morgan fingerprint density at radius 2 is 1.79 bits per heavy atom. The highest BCUT2D eigenvalue weighted by Crippen LogP contribution is 2.25. The van der Waals surface area contributed by atoms with Crippen LogP contribution in [-0.4, -0.2) is 73.9 Å². The number of ether oxygens (including phenoxy) is 1. The van der Waals surface area contributed by atoms with Crippen molar-refractivity contribution in [3.63, 3.8) is 0 Å². The minimum atomic E-state index is -4.16. The molecule has 3 heterocycles. The average molecular weight is 349 g/mol. The van der Waals surface area contributed by atoms with Crippen molar-refractivity contribution in [1.82, 2.24) is 9.80 Å². The number of piperidine rings is 2. The van der Waals surface area contributed by atoms with E-state index in [1.807, 2.05) is 0 Å². The third kappa shape index (κ3) is 5.24. The van der Waals surface area contributed by atoms with E-state index in [4.69, 9.17) is 9.57 Å². The number of hydrogen-bond donors (Lipinski definition) is 0. The zero-order chi connectivity index (χ0) is 17.0. The Labute approximate surface area is 140 Å². The second-order valence-corrected chi connectivity index (χ2v) is 7.02. The molecule has 2 unspecified atom stereocenters. The van der Waals surface area contributed by atoms with E-state index in [1.165, 1.54) is 24.2 Å². The summed E-state index contributed by atoms with van der Waals surface area (Å²) in [6, 6.07) is 0. The number of oxime groups is 1. The van der Waals surface area contributed by atoms with Gasteiger partial charge in [-0.2, -0.15) is 13.2 Å². The van der Waals surface area contributed by atoms with Crippen LogP contribution in [0.3, 0.4) is 0 Å². The summed E-state index contributed by atoms with van der Waals surface area (Å²) in [7, 11) is 0. The number of hydrogen-bond acceptors (Lipinski definition) is 5. The summed E-state index contributed by atoms with van der Waals surface area (Å²) in [5.41, 5.74) is 0. The van der Waals surface area contributed by atoms with Crippen LogP contribution in [0, 0.1) is 5.92 Å². The van der Waals surface area contributed by atoms with Crippen molar-refractivity contribution < 1.29 is 22.7 Å². The van der Waals surface area contributed by atoms with Crippen LogP contribution < -0.4 is 0 Å². The second kappa shape index (κ2) is 7.91. The Bertz CT molecular complexity index is 439. The van der Waals surface area contributed by atoms with Crippen molar-refractivity contribution in [3.05, 3.63) is 0 Å². The fourth-order valence-electron chi connectivity index (χ4n) is 3.76. The molecule has 138 valence electrons. The molecule has 2 fully saturated rings. The Hall–Kier alpha value is -1.02. The molecule has 0 bridgehead atoms. The lowest BCUT2D eigenvalue weighted by Gasteiger charge is -2.36. The smallest absolute Gasteiger partial charge is 0.401 e. The predicted molar refractivity (Wildman–Crippen MR) is 83.8 cm³/mol. The summed E-state index contributed by atoms with van der Waals surface area (Å²) in [5, 5.41) is 4.00. The molecule has 3 aliphatic rings. The Morgan fingerprint density at radius 1 is 1.04 bits per heavy atom. The predicted octanol–water partition coefficient (Wildman–Crippen LogP) is 2.48. The van der Waals surface area contributed by atoms with Crippen LogP contribution in [0.2, 0.25) is 0 Å². The minimum absolute atomic E-state index is 0.0754. The molecule has 0 aliphatic carbocycles. The Balaban J connectivity index is 1.51. The van der Waals surface area contributed by atoms with Crippen LogP contribution in [0.4, 0.5) is 13.2 Å². The SMILES string of the molecule is FC(F)(F)CN1CCCC(C2=NOCC(CN3CCCCC3)O2)C1. The Kier molecular flexibility index (Phi) is 5.86. The lowest BCUT2D eigenvalue weighted by Crippen LogP contribution is -2.47.